The van der Waals surface area contributed by atoms with Gasteiger partial charge in [0.25, 0.3) is 10.0 Å². The lowest BCUT2D eigenvalue weighted by Crippen LogP contribution is -2.27. The summed E-state index contributed by atoms with van der Waals surface area (Å²) < 4.78 is 66.6. The molecule has 174 valence electrons. The van der Waals surface area contributed by atoms with Crippen LogP contribution in [0.15, 0.2) is 70.6 Å². The Kier molecular flexibility index (Phi) is 7.36. The van der Waals surface area contributed by atoms with E-state index in [-0.39, 0.29) is 28.7 Å². The summed E-state index contributed by atoms with van der Waals surface area (Å²) in [6.07, 6.45) is 1.26. The van der Waals surface area contributed by atoms with Crippen molar-refractivity contribution < 1.29 is 26.0 Å². The third kappa shape index (κ3) is 6.78. The van der Waals surface area contributed by atoms with Crippen LogP contribution in [0.4, 0.5) is 16.0 Å². The summed E-state index contributed by atoms with van der Waals surface area (Å²) in [7, 11) is -7.80. The Labute approximate surface area is 190 Å². The number of amides is 1. The molecule has 0 saturated heterocycles. The molecule has 33 heavy (non-hydrogen) atoms. The largest absolute Gasteiger partial charge is 0.326 e. The molecule has 0 atom stereocenters. The van der Waals surface area contributed by atoms with Crippen molar-refractivity contribution in [2.45, 2.75) is 23.1 Å². The number of nitrogens with one attached hydrogen (secondary N) is 3. The van der Waals surface area contributed by atoms with E-state index in [2.05, 4.69) is 24.7 Å². The highest BCUT2D eigenvalue weighted by Crippen LogP contribution is 2.17. The smallest absolute Gasteiger partial charge is 0.264 e. The maximum absolute atomic E-state index is 12.9. The highest BCUT2D eigenvalue weighted by molar-refractivity contribution is 7.92. The maximum atomic E-state index is 12.9. The lowest BCUT2D eigenvalue weighted by Gasteiger charge is -2.09. The van der Waals surface area contributed by atoms with Crippen LogP contribution in [0.2, 0.25) is 0 Å². The van der Waals surface area contributed by atoms with E-state index >= 15 is 0 Å². The van der Waals surface area contributed by atoms with Crippen molar-refractivity contribution in [1.82, 2.24) is 14.7 Å². The van der Waals surface area contributed by atoms with Gasteiger partial charge in [-0.2, -0.15) is 0 Å². The van der Waals surface area contributed by atoms with Gasteiger partial charge in [-0.15, -0.1) is 0 Å². The molecule has 3 N–H and O–H groups in total. The highest BCUT2D eigenvalue weighted by Gasteiger charge is 2.17. The van der Waals surface area contributed by atoms with Crippen LogP contribution < -0.4 is 14.8 Å². The number of anilines is 2. The Morgan fingerprint density at radius 1 is 0.909 bits per heavy atom. The number of halogens is 1. The minimum absolute atomic E-state index is 0.0577. The Morgan fingerprint density at radius 2 is 1.52 bits per heavy atom. The third-order valence-electron chi connectivity index (χ3n) is 4.24. The molecule has 0 fully saturated rings. The average molecular weight is 494 g/mol. The standard InChI is InChI=1S/C20H20FN5O5S2/c1-14-10-12-22-20(24-14)26-33(30,31)18-8-4-16(5-9-18)25-19(27)11-13-23-32(28,29)17-6-2-15(21)3-7-17/h2-10,12,23H,11,13H2,1H3,(H,25,27)(H,22,24,26). The van der Waals surface area contributed by atoms with Crippen LogP contribution >= 0.6 is 0 Å². The van der Waals surface area contributed by atoms with Crippen LogP contribution in [0.3, 0.4) is 0 Å². The van der Waals surface area contributed by atoms with E-state index in [1.165, 1.54) is 30.5 Å². The Balaban J connectivity index is 1.54. The molecule has 1 heterocycles. The van der Waals surface area contributed by atoms with Gasteiger partial charge in [0.2, 0.25) is 21.9 Å². The summed E-state index contributed by atoms with van der Waals surface area (Å²) >= 11 is 0. The molecule has 3 rings (SSSR count). The SMILES string of the molecule is Cc1ccnc(NS(=O)(=O)c2ccc(NC(=O)CCNS(=O)(=O)c3ccc(F)cc3)cc2)n1. The first kappa shape index (κ1) is 24.2. The minimum Gasteiger partial charge on any atom is -0.326 e. The number of hydrogen-bond acceptors (Lipinski definition) is 7. The van der Waals surface area contributed by atoms with Gasteiger partial charge in [-0.3, -0.25) is 4.79 Å². The Bertz CT molecular complexity index is 1350. The molecule has 0 unspecified atom stereocenters. The van der Waals surface area contributed by atoms with Crippen molar-refractivity contribution in [3.05, 3.63) is 72.3 Å². The number of rotatable bonds is 9. The van der Waals surface area contributed by atoms with E-state index in [0.717, 1.165) is 24.3 Å². The fraction of sp³-hybridized carbons (Fsp3) is 0.150. The predicted molar refractivity (Wildman–Crippen MR) is 119 cm³/mol. The molecule has 1 aromatic heterocycles. The number of sulfonamides is 2. The maximum Gasteiger partial charge on any atom is 0.264 e. The van der Waals surface area contributed by atoms with Crippen LogP contribution in [0.1, 0.15) is 12.1 Å². The molecule has 13 heteroatoms. The van der Waals surface area contributed by atoms with Crippen molar-refractivity contribution in [2.75, 3.05) is 16.6 Å². The first-order valence-electron chi connectivity index (χ1n) is 9.53. The fourth-order valence-electron chi connectivity index (χ4n) is 2.61. The van der Waals surface area contributed by atoms with Gasteiger partial charge in [-0.1, -0.05) is 0 Å². The summed E-state index contributed by atoms with van der Waals surface area (Å²) in [4.78, 5) is 19.8. The van der Waals surface area contributed by atoms with Crippen molar-refractivity contribution in [3.63, 3.8) is 0 Å². The van der Waals surface area contributed by atoms with Gasteiger partial charge < -0.3 is 5.32 Å². The second-order valence-corrected chi connectivity index (χ2v) is 10.3. The molecule has 0 aliphatic carbocycles. The van der Waals surface area contributed by atoms with Crippen LogP contribution in [-0.2, 0) is 24.8 Å². The number of benzene rings is 2. The zero-order chi connectivity index (χ0) is 24.1. The molecule has 2 aromatic carbocycles. The van der Waals surface area contributed by atoms with Crippen LogP contribution in [-0.4, -0.2) is 39.3 Å². The van der Waals surface area contributed by atoms with Crippen LogP contribution in [0, 0.1) is 12.7 Å². The van der Waals surface area contributed by atoms with E-state index < -0.39 is 31.8 Å². The molecular formula is C20H20FN5O5S2. The van der Waals surface area contributed by atoms with Gasteiger partial charge in [-0.25, -0.2) is 40.6 Å². The lowest BCUT2D eigenvalue weighted by atomic mass is 10.3. The average Bonchev–Trinajstić information content (AvgIpc) is 2.74. The molecule has 0 saturated carbocycles. The first-order valence-corrected chi connectivity index (χ1v) is 12.5. The van der Waals surface area contributed by atoms with E-state index in [1.807, 2.05) is 0 Å². The van der Waals surface area contributed by atoms with Gasteiger partial charge in [0.05, 0.1) is 9.79 Å². The van der Waals surface area contributed by atoms with Crippen LogP contribution in [0.25, 0.3) is 0 Å². The number of nitrogens with zero attached hydrogens (tertiary/aromatic N) is 2. The van der Waals surface area contributed by atoms with Gasteiger partial charge in [0, 0.05) is 30.5 Å². The van der Waals surface area contributed by atoms with Crippen molar-refractivity contribution in [2.24, 2.45) is 0 Å². The summed E-state index contributed by atoms with van der Waals surface area (Å²) in [5.41, 5.74) is 0.924. The van der Waals surface area contributed by atoms with Gasteiger partial charge in [-0.05, 0) is 61.5 Å². The topological polar surface area (TPSA) is 147 Å². The minimum atomic E-state index is -3.92. The number of carbonyl (C=O) groups excluding carboxylic acids is 1. The van der Waals surface area contributed by atoms with E-state index in [4.69, 9.17) is 0 Å². The number of hydrogen-bond donors (Lipinski definition) is 3. The molecule has 0 aliphatic rings. The highest BCUT2D eigenvalue weighted by atomic mass is 32.2. The molecule has 10 nitrogen and oxygen atoms in total. The summed E-state index contributed by atoms with van der Waals surface area (Å²) in [5, 5.41) is 2.55. The number of aromatic nitrogens is 2. The monoisotopic (exact) mass is 493 g/mol. The number of carbonyl (C=O) groups is 1. The van der Waals surface area contributed by atoms with E-state index in [9.17, 15) is 26.0 Å². The fourth-order valence-corrected chi connectivity index (χ4v) is 4.60. The molecule has 0 spiro atoms. The molecule has 0 radical (unpaired) electrons. The molecule has 0 aliphatic heterocycles. The summed E-state index contributed by atoms with van der Waals surface area (Å²) in [6.45, 7) is 1.52. The van der Waals surface area contributed by atoms with Crippen molar-refractivity contribution in [3.8, 4) is 0 Å². The Hall–Kier alpha value is -3.42. The van der Waals surface area contributed by atoms with Crippen molar-refractivity contribution >= 4 is 37.6 Å². The normalized spacial score (nSPS) is 11.7. The second-order valence-electron chi connectivity index (χ2n) is 6.80. The van der Waals surface area contributed by atoms with Crippen molar-refractivity contribution in [1.29, 1.82) is 0 Å². The van der Waals surface area contributed by atoms with Gasteiger partial charge in [0.1, 0.15) is 5.82 Å². The third-order valence-corrected chi connectivity index (χ3v) is 7.06. The number of aryl methyl sites for hydroxylation is 1. The lowest BCUT2D eigenvalue weighted by molar-refractivity contribution is -0.116. The van der Waals surface area contributed by atoms with E-state index in [1.54, 1.807) is 13.0 Å². The summed E-state index contributed by atoms with van der Waals surface area (Å²) in [5.74, 6) is -1.11. The molecule has 1 amide bonds. The predicted octanol–water partition coefficient (Wildman–Crippen LogP) is 2.03. The molecule has 0 bridgehead atoms. The first-order chi connectivity index (χ1) is 15.5. The zero-order valence-corrected chi connectivity index (χ0v) is 19.0. The van der Waals surface area contributed by atoms with Gasteiger partial charge >= 0.3 is 0 Å². The molecular weight excluding hydrogens is 473 g/mol. The second kappa shape index (κ2) is 10.0. The van der Waals surface area contributed by atoms with Crippen LogP contribution in [0.5, 0.6) is 0 Å². The summed E-state index contributed by atoms with van der Waals surface area (Å²) in [6, 6.07) is 11.3. The Morgan fingerprint density at radius 3 is 2.15 bits per heavy atom. The molecule has 3 aromatic rings. The van der Waals surface area contributed by atoms with Gasteiger partial charge in [0.15, 0.2) is 0 Å². The quantitative estimate of drug-likeness (QED) is 0.413. The van der Waals surface area contributed by atoms with E-state index in [0.29, 0.717) is 11.4 Å². The zero-order valence-electron chi connectivity index (χ0n) is 17.3.